The van der Waals surface area contributed by atoms with Gasteiger partial charge in [0.1, 0.15) is 26.2 Å². The van der Waals surface area contributed by atoms with Crippen molar-refractivity contribution < 1.29 is 28.9 Å². The molecule has 7 heteroatoms. The van der Waals surface area contributed by atoms with Gasteiger partial charge < -0.3 is 19.3 Å². The highest BCUT2D eigenvalue weighted by molar-refractivity contribution is 6.22. The Morgan fingerprint density at radius 2 is 1.71 bits per heavy atom. The second-order valence-corrected chi connectivity index (χ2v) is 6.48. The fourth-order valence-corrected chi connectivity index (χ4v) is 3.53. The summed E-state index contributed by atoms with van der Waals surface area (Å²) >= 11 is 0. The summed E-state index contributed by atoms with van der Waals surface area (Å²) in [5.74, 6) is 0.830. The summed E-state index contributed by atoms with van der Waals surface area (Å²) in [5.41, 5.74) is 0.546. The van der Waals surface area contributed by atoms with E-state index < -0.39 is 0 Å². The van der Waals surface area contributed by atoms with E-state index >= 15 is 0 Å². The molecule has 2 N–H and O–H groups in total. The summed E-state index contributed by atoms with van der Waals surface area (Å²) in [4.78, 5) is 29.3. The van der Waals surface area contributed by atoms with Crippen molar-refractivity contribution in [1.29, 1.82) is 0 Å². The lowest BCUT2D eigenvalue weighted by molar-refractivity contribution is -1.01. The van der Waals surface area contributed by atoms with Crippen LogP contribution in [0.4, 0.5) is 5.69 Å². The van der Waals surface area contributed by atoms with Gasteiger partial charge >= 0.3 is 0 Å². The molecule has 0 aromatic heterocycles. The molecule has 2 fully saturated rings. The quantitative estimate of drug-likeness (QED) is 0.610. The molecule has 3 rings (SSSR count). The SMILES string of the molecule is COc1ccc(N2C(=O)C[C@@H]([NH+]3CC[NH+](C)CC3)C2=O)cc1OC. The molecule has 2 amide bonds. The Hall–Kier alpha value is -2.12. The molecule has 0 spiro atoms. The molecule has 0 bridgehead atoms. The molecule has 2 aliphatic rings. The number of carbonyl (C=O) groups excluding carboxylic acids is 2. The zero-order valence-corrected chi connectivity index (χ0v) is 14.4. The predicted molar refractivity (Wildman–Crippen MR) is 87.8 cm³/mol. The minimum absolute atomic E-state index is 0.109. The van der Waals surface area contributed by atoms with Crippen LogP contribution in [0.1, 0.15) is 6.42 Å². The summed E-state index contributed by atoms with van der Waals surface area (Å²) in [6.07, 6.45) is 0.279. The van der Waals surface area contributed by atoms with Crippen molar-refractivity contribution in [2.45, 2.75) is 12.5 Å². The number of amides is 2. The lowest BCUT2D eigenvalue weighted by Crippen LogP contribution is -3.29. The minimum atomic E-state index is -0.265. The number of benzene rings is 1. The molecule has 24 heavy (non-hydrogen) atoms. The molecular formula is C17H25N3O4+2. The maximum Gasteiger partial charge on any atom is 0.292 e. The third-order valence-corrected chi connectivity index (χ3v) is 5.01. The monoisotopic (exact) mass is 335 g/mol. The number of ether oxygens (including phenoxy) is 2. The predicted octanol–water partition coefficient (Wildman–Crippen LogP) is -2.25. The normalized spacial score (nSPS) is 27.5. The number of nitrogens with zero attached hydrogens (tertiary/aromatic N) is 1. The van der Waals surface area contributed by atoms with Gasteiger partial charge in [0.25, 0.3) is 5.91 Å². The number of rotatable bonds is 4. The Kier molecular flexibility index (Phi) is 4.73. The highest BCUT2D eigenvalue weighted by Gasteiger charge is 2.46. The third-order valence-electron chi connectivity index (χ3n) is 5.01. The van der Waals surface area contributed by atoms with Crippen LogP contribution < -0.4 is 24.2 Å². The standard InChI is InChI=1S/C17H23N3O4/c1-18-6-8-19(9-7-18)13-11-16(21)20(17(13)22)12-4-5-14(23-2)15(10-12)24-3/h4-5,10,13H,6-9,11H2,1-3H3/p+2/t13-/m1/s1. The lowest BCUT2D eigenvalue weighted by Gasteiger charge is -2.30. The zero-order valence-electron chi connectivity index (χ0n) is 14.4. The van der Waals surface area contributed by atoms with E-state index in [1.54, 1.807) is 25.3 Å². The average molecular weight is 335 g/mol. The average Bonchev–Trinajstić information content (AvgIpc) is 2.89. The largest absolute Gasteiger partial charge is 0.493 e. The summed E-state index contributed by atoms with van der Waals surface area (Å²) in [5, 5.41) is 0. The second kappa shape index (κ2) is 6.78. The molecular weight excluding hydrogens is 310 g/mol. The summed E-state index contributed by atoms with van der Waals surface area (Å²) in [6, 6.07) is 4.86. The van der Waals surface area contributed by atoms with Crippen LogP contribution in [0.15, 0.2) is 18.2 Å². The van der Waals surface area contributed by atoms with Crippen molar-refractivity contribution in [3.8, 4) is 11.5 Å². The number of methoxy groups -OCH3 is 2. The topological polar surface area (TPSA) is 64.7 Å². The van der Waals surface area contributed by atoms with Gasteiger partial charge in [0.15, 0.2) is 17.5 Å². The Balaban J connectivity index is 1.82. The second-order valence-electron chi connectivity index (χ2n) is 6.48. The van der Waals surface area contributed by atoms with Crippen molar-refractivity contribution in [1.82, 2.24) is 0 Å². The van der Waals surface area contributed by atoms with E-state index in [-0.39, 0.29) is 24.3 Å². The maximum atomic E-state index is 12.9. The number of piperazine rings is 1. The van der Waals surface area contributed by atoms with Crippen LogP contribution >= 0.6 is 0 Å². The van der Waals surface area contributed by atoms with Crippen molar-refractivity contribution in [2.75, 3.05) is 52.3 Å². The number of hydrogen-bond acceptors (Lipinski definition) is 4. The van der Waals surface area contributed by atoms with Crippen molar-refractivity contribution in [2.24, 2.45) is 0 Å². The first kappa shape index (κ1) is 16.7. The zero-order chi connectivity index (χ0) is 17.3. The van der Waals surface area contributed by atoms with Crippen LogP contribution in [0, 0.1) is 0 Å². The Morgan fingerprint density at radius 3 is 2.33 bits per heavy atom. The first-order valence-corrected chi connectivity index (χ1v) is 8.30. The molecule has 0 radical (unpaired) electrons. The highest BCUT2D eigenvalue weighted by Crippen LogP contribution is 2.33. The molecule has 0 aliphatic carbocycles. The number of anilines is 1. The van der Waals surface area contributed by atoms with E-state index in [0.29, 0.717) is 17.2 Å². The van der Waals surface area contributed by atoms with Gasteiger partial charge in [-0.15, -0.1) is 0 Å². The van der Waals surface area contributed by atoms with E-state index in [0.717, 1.165) is 26.2 Å². The van der Waals surface area contributed by atoms with E-state index in [2.05, 4.69) is 7.05 Å². The van der Waals surface area contributed by atoms with E-state index in [9.17, 15) is 9.59 Å². The van der Waals surface area contributed by atoms with Crippen LogP contribution in [0.2, 0.25) is 0 Å². The van der Waals surface area contributed by atoms with Crippen LogP contribution in [0.3, 0.4) is 0 Å². The molecule has 2 aliphatic heterocycles. The van der Waals surface area contributed by atoms with E-state index in [4.69, 9.17) is 9.47 Å². The number of likely N-dealkylation sites (N-methyl/N-ethyl adjacent to an activating group) is 1. The third kappa shape index (κ3) is 2.97. The van der Waals surface area contributed by atoms with Crippen molar-refractivity contribution in [3.05, 3.63) is 18.2 Å². The fourth-order valence-electron chi connectivity index (χ4n) is 3.53. The molecule has 2 saturated heterocycles. The lowest BCUT2D eigenvalue weighted by atomic mass is 10.2. The number of nitrogens with one attached hydrogen (secondary N) is 2. The first-order valence-electron chi connectivity index (χ1n) is 8.30. The molecule has 0 saturated carbocycles. The Labute approximate surface area is 141 Å². The highest BCUT2D eigenvalue weighted by atomic mass is 16.5. The van der Waals surface area contributed by atoms with Gasteiger partial charge in [0, 0.05) is 6.07 Å². The maximum absolute atomic E-state index is 12.9. The van der Waals surface area contributed by atoms with Crippen LogP contribution in [0.5, 0.6) is 11.5 Å². The van der Waals surface area contributed by atoms with Gasteiger partial charge in [-0.3, -0.25) is 9.59 Å². The molecule has 2 heterocycles. The van der Waals surface area contributed by atoms with Gasteiger partial charge in [-0.2, -0.15) is 0 Å². The molecule has 1 atom stereocenters. The molecule has 1 aromatic rings. The molecule has 0 unspecified atom stereocenters. The van der Waals surface area contributed by atoms with Crippen molar-refractivity contribution >= 4 is 17.5 Å². The van der Waals surface area contributed by atoms with Crippen LogP contribution in [-0.2, 0) is 9.59 Å². The number of hydrogen-bond donors (Lipinski definition) is 2. The van der Waals surface area contributed by atoms with Gasteiger partial charge in [-0.25, -0.2) is 4.90 Å². The minimum Gasteiger partial charge on any atom is -0.493 e. The molecule has 130 valence electrons. The first-order chi connectivity index (χ1) is 11.5. The summed E-state index contributed by atoms with van der Waals surface area (Å²) < 4.78 is 10.5. The fraction of sp³-hybridized carbons (Fsp3) is 0.529. The van der Waals surface area contributed by atoms with Crippen LogP contribution in [-0.4, -0.2) is 65.3 Å². The van der Waals surface area contributed by atoms with E-state index in [1.807, 2.05) is 0 Å². The molecule has 1 aromatic carbocycles. The van der Waals surface area contributed by atoms with Gasteiger partial charge in [-0.05, 0) is 12.1 Å². The van der Waals surface area contributed by atoms with E-state index in [1.165, 1.54) is 21.8 Å². The summed E-state index contributed by atoms with van der Waals surface area (Å²) in [6.45, 7) is 3.91. The smallest absolute Gasteiger partial charge is 0.292 e. The van der Waals surface area contributed by atoms with Gasteiger partial charge in [0.2, 0.25) is 5.91 Å². The Bertz CT molecular complexity index is 641. The Morgan fingerprint density at radius 1 is 1.04 bits per heavy atom. The van der Waals surface area contributed by atoms with Gasteiger partial charge in [0.05, 0.1) is 33.4 Å². The van der Waals surface area contributed by atoms with Gasteiger partial charge in [-0.1, -0.05) is 0 Å². The number of imide groups is 1. The van der Waals surface area contributed by atoms with Crippen molar-refractivity contribution in [3.63, 3.8) is 0 Å². The molecule has 7 nitrogen and oxygen atoms in total. The number of quaternary nitrogens is 2. The summed E-state index contributed by atoms with van der Waals surface area (Å²) in [7, 11) is 5.25. The number of carbonyl (C=O) groups is 2. The van der Waals surface area contributed by atoms with Crippen LogP contribution in [0.25, 0.3) is 0 Å².